The molecule has 1 fully saturated rings. The number of benzene rings is 2. The standard InChI is InChI=1S/C29H34N6O5/c1-19-12-21-15-22(7-8-26(21)40-19)33-29(32-18-30)34-25-6-4-5-11-35(28(25)37)17-27(36)31-10-9-20-13-23(38-2)16-24(14-20)39-3/h7-8,12-16,25H,4-6,9-11,17H2,1-3H3,(H,31,36)(H2,32,33,34). The highest BCUT2D eigenvalue weighted by atomic mass is 16.5. The molecule has 4 rings (SSSR count). The summed E-state index contributed by atoms with van der Waals surface area (Å²) in [4.78, 5) is 32.1. The van der Waals surface area contributed by atoms with Crippen molar-refractivity contribution in [3.05, 3.63) is 53.8 Å². The van der Waals surface area contributed by atoms with Crippen molar-refractivity contribution >= 4 is 34.4 Å². The number of ether oxygens (including phenoxy) is 2. The lowest BCUT2D eigenvalue weighted by Crippen LogP contribution is -2.44. The number of nitrogens with zero attached hydrogens (tertiary/aromatic N) is 3. The lowest BCUT2D eigenvalue weighted by atomic mass is 10.1. The molecule has 11 nitrogen and oxygen atoms in total. The van der Waals surface area contributed by atoms with Crippen LogP contribution in [0.3, 0.4) is 0 Å². The lowest BCUT2D eigenvalue weighted by Gasteiger charge is -2.22. The number of nitriles is 1. The van der Waals surface area contributed by atoms with Gasteiger partial charge in [0.1, 0.15) is 28.9 Å². The first-order valence-electron chi connectivity index (χ1n) is 13.2. The minimum Gasteiger partial charge on any atom is -0.497 e. The molecule has 210 valence electrons. The molecule has 0 bridgehead atoms. The van der Waals surface area contributed by atoms with E-state index in [2.05, 4.69) is 20.9 Å². The van der Waals surface area contributed by atoms with Gasteiger partial charge in [0.15, 0.2) is 6.19 Å². The Kier molecular flexibility index (Phi) is 9.46. The van der Waals surface area contributed by atoms with Gasteiger partial charge in [0, 0.05) is 30.2 Å². The fourth-order valence-electron chi connectivity index (χ4n) is 4.64. The van der Waals surface area contributed by atoms with Crippen LogP contribution in [0.1, 0.15) is 30.6 Å². The number of carbonyl (C=O) groups excluding carboxylic acids is 2. The SMILES string of the molecule is COc1cc(CCNC(=O)CN2CCCCC(N=C(NC#N)Nc3ccc4oc(C)cc4c3)C2=O)cc(OC)c1. The van der Waals surface area contributed by atoms with Crippen LogP contribution in [0.2, 0.25) is 0 Å². The molecular weight excluding hydrogens is 512 g/mol. The number of rotatable bonds is 9. The van der Waals surface area contributed by atoms with E-state index in [9.17, 15) is 14.9 Å². The van der Waals surface area contributed by atoms with Gasteiger partial charge in [-0.05, 0) is 74.6 Å². The molecule has 0 saturated carbocycles. The molecule has 3 aromatic rings. The van der Waals surface area contributed by atoms with Crippen molar-refractivity contribution in [3.8, 4) is 17.7 Å². The number of hydrogen-bond donors (Lipinski definition) is 3. The number of furan rings is 1. The van der Waals surface area contributed by atoms with Crippen LogP contribution >= 0.6 is 0 Å². The van der Waals surface area contributed by atoms with Crippen LogP contribution in [0.4, 0.5) is 5.69 Å². The fourth-order valence-corrected chi connectivity index (χ4v) is 4.64. The first-order chi connectivity index (χ1) is 19.4. The molecular formula is C29H34N6O5. The predicted molar refractivity (Wildman–Crippen MR) is 151 cm³/mol. The van der Waals surface area contributed by atoms with Crippen LogP contribution in [-0.4, -0.2) is 62.6 Å². The molecule has 1 saturated heterocycles. The zero-order valence-electron chi connectivity index (χ0n) is 23.0. The molecule has 3 N–H and O–H groups in total. The van der Waals surface area contributed by atoms with Gasteiger partial charge >= 0.3 is 0 Å². The molecule has 1 aliphatic rings. The fraction of sp³-hybridized carbons (Fsp3) is 0.379. The lowest BCUT2D eigenvalue weighted by molar-refractivity contribution is -0.136. The van der Waals surface area contributed by atoms with Crippen molar-refractivity contribution in [1.29, 1.82) is 5.26 Å². The molecule has 0 aliphatic carbocycles. The Morgan fingerprint density at radius 3 is 2.65 bits per heavy atom. The van der Waals surface area contributed by atoms with E-state index in [1.807, 2.05) is 49.5 Å². The molecule has 1 aliphatic heterocycles. The molecule has 0 spiro atoms. The van der Waals surface area contributed by atoms with Crippen molar-refractivity contribution in [2.24, 2.45) is 4.99 Å². The zero-order chi connectivity index (χ0) is 28.5. The summed E-state index contributed by atoms with van der Waals surface area (Å²) in [7, 11) is 3.18. The number of guanidine groups is 1. The van der Waals surface area contributed by atoms with Gasteiger partial charge in [-0.15, -0.1) is 0 Å². The molecule has 1 aromatic heterocycles. The highest BCUT2D eigenvalue weighted by Gasteiger charge is 2.28. The topological polar surface area (TPSA) is 141 Å². The number of nitrogens with one attached hydrogen (secondary N) is 3. The Bertz CT molecular complexity index is 1400. The minimum atomic E-state index is -0.720. The highest BCUT2D eigenvalue weighted by molar-refractivity contribution is 5.98. The van der Waals surface area contributed by atoms with Crippen LogP contribution in [-0.2, 0) is 16.0 Å². The zero-order valence-corrected chi connectivity index (χ0v) is 23.0. The second kappa shape index (κ2) is 13.4. The van der Waals surface area contributed by atoms with Crippen LogP contribution < -0.4 is 25.4 Å². The number of hydrogen-bond acceptors (Lipinski definition) is 7. The van der Waals surface area contributed by atoms with E-state index >= 15 is 0 Å². The first kappa shape index (κ1) is 28.3. The third-order valence-corrected chi connectivity index (χ3v) is 6.60. The Morgan fingerprint density at radius 1 is 1.15 bits per heavy atom. The van der Waals surface area contributed by atoms with E-state index in [0.717, 1.165) is 35.1 Å². The summed E-state index contributed by atoms with van der Waals surface area (Å²) in [5.41, 5.74) is 2.41. The van der Waals surface area contributed by atoms with E-state index in [-0.39, 0.29) is 24.3 Å². The van der Waals surface area contributed by atoms with E-state index in [0.29, 0.717) is 43.1 Å². The first-order valence-corrected chi connectivity index (χ1v) is 13.2. The number of amides is 2. The maximum Gasteiger partial charge on any atom is 0.247 e. The summed E-state index contributed by atoms with van der Waals surface area (Å²) in [6.07, 6.45) is 4.52. The van der Waals surface area contributed by atoms with Crippen molar-refractivity contribution in [3.63, 3.8) is 0 Å². The number of anilines is 1. The van der Waals surface area contributed by atoms with Crippen LogP contribution in [0, 0.1) is 18.4 Å². The van der Waals surface area contributed by atoms with E-state index in [1.165, 1.54) is 4.90 Å². The maximum absolute atomic E-state index is 13.3. The smallest absolute Gasteiger partial charge is 0.247 e. The Balaban J connectivity index is 1.37. The Labute approximate surface area is 233 Å². The average Bonchev–Trinajstić information content (AvgIpc) is 3.23. The van der Waals surface area contributed by atoms with Gasteiger partial charge in [0.25, 0.3) is 0 Å². The second-order valence-corrected chi connectivity index (χ2v) is 9.54. The summed E-state index contributed by atoms with van der Waals surface area (Å²) in [5, 5.41) is 18.7. The summed E-state index contributed by atoms with van der Waals surface area (Å²) in [5.74, 6) is 1.83. The van der Waals surface area contributed by atoms with Gasteiger partial charge in [-0.3, -0.25) is 14.9 Å². The predicted octanol–water partition coefficient (Wildman–Crippen LogP) is 3.34. The Hall–Kier alpha value is -4.72. The van der Waals surface area contributed by atoms with Crippen LogP contribution in [0.5, 0.6) is 11.5 Å². The molecule has 2 aromatic carbocycles. The monoisotopic (exact) mass is 546 g/mol. The summed E-state index contributed by atoms with van der Waals surface area (Å²) in [6, 6.07) is 12.3. The quantitative estimate of drug-likeness (QED) is 0.161. The molecule has 1 atom stereocenters. The number of likely N-dealkylation sites (tertiary alicyclic amines) is 1. The maximum atomic E-state index is 13.3. The molecule has 1 unspecified atom stereocenters. The molecule has 2 amide bonds. The van der Waals surface area contributed by atoms with Gasteiger partial charge in [0.05, 0.1) is 20.8 Å². The van der Waals surface area contributed by atoms with Gasteiger partial charge in [0.2, 0.25) is 17.8 Å². The summed E-state index contributed by atoms with van der Waals surface area (Å²) in [6.45, 7) is 2.69. The number of aliphatic imine (C=N–C) groups is 1. The number of carbonyl (C=O) groups is 2. The number of aryl methyl sites for hydroxylation is 1. The Morgan fingerprint density at radius 2 is 1.93 bits per heavy atom. The number of fused-ring (bicyclic) bond motifs is 1. The van der Waals surface area contributed by atoms with Crippen LogP contribution in [0.15, 0.2) is 51.9 Å². The van der Waals surface area contributed by atoms with Crippen molar-refractivity contribution < 1.29 is 23.5 Å². The van der Waals surface area contributed by atoms with Gasteiger partial charge in [-0.25, -0.2) is 4.99 Å². The molecule has 0 radical (unpaired) electrons. The molecule has 40 heavy (non-hydrogen) atoms. The molecule has 11 heteroatoms. The average molecular weight is 547 g/mol. The van der Waals surface area contributed by atoms with E-state index in [4.69, 9.17) is 13.9 Å². The molecule has 2 heterocycles. The van der Waals surface area contributed by atoms with E-state index < -0.39 is 6.04 Å². The van der Waals surface area contributed by atoms with Crippen molar-refractivity contribution in [2.45, 2.75) is 38.6 Å². The normalized spacial score (nSPS) is 15.8. The third kappa shape index (κ3) is 7.44. The van der Waals surface area contributed by atoms with Gasteiger partial charge < -0.3 is 29.4 Å². The summed E-state index contributed by atoms with van der Waals surface area (Å²) < 4.78 is 16.2. The van der Waals surface area contributed by atoms with Crippen molar-refractivity contribution in [2.75, 3.05) is 39.2 Å². The highest BCUT2D eigenvalue weighted by Crippen LogP contribution is 2.24. The summed E-state index contributed by atoms with van der Waals surface area (Å²) >= 11 is 0. The third-order valence-electron chi connectivity index (χ3n) is 6.60. The van der Waals surface area contributed by atoms with Gasteiger partial charge in [-0.1, -0.05) is 0 Å². The van der Waals surface area contributed by atoms with Crippen molar-refractivity contribution in [1.82, 2.24) is 15.5 Å². The van der Waals surface area contributed by atoms with Gasteiger partial charge in [-0.2, -0.15) is 5.26 Å². The van der Waals surface area contributed by atoms with Crippen LogP contribution in [0.25, 0.3) is 11.0 Å². The number of methoxy groups -OCH3 is 2. The largest absolute Gasteiger partial charge is 0.497 e. The second-order valence-electron chi connectivity index (χ2n) is 9.54. The minimum absolute atomic E-state index is 0.0583. The van der Waals surface area contributed by atoms with E-state index in [1.54, 1.807) is 20.3 Å².